The Morgan fingerprint density at radius 1 is 1.29 bits per heavy atom. The molecule has 3 rings (SSSR count). The van der Waals surface area contributed by atoms with Crippen LogP contribution in [0.3, 0.4) is 0 Å². The predicted molar refractivity (Wildman–Crippen MR) is 116 cm³/mol. The number of hydrogen-bond acceptors (Lipinski definition) is 5. The molecule has 8 nitrogen and oxygen atoms in total. The summed E-state index contributed by atoms with van der Waals surface area (Å²) in [5.41, 5.74) is 11.8. The fraction of sp³-hybridized carbons (Fsp3) is 0.318. The number of aromatic nitrogens is 2. The molecule has 0 bridgehead atoms. The molecule has 0 spiro atoms. The quantitative estimate of drug-likeness (QED) is 0.524. The molecule has 34 heavy (non-hydrogen) atoms. The lowest BCUT2D eigenvalue weighted by molar-refractivity contribution is -0.164. The highest BCUT2D eigenvalue weighted by Gasteiger charge is 2.40. The summed E-state index contributed by atoms with van der Waals surface area (Å²) in [6.45, 7) is 0.948. The monoisotopic (exact) mass is 481 g/mol. The van der Waals surface area contributed by atoms with Gasteiger partial charge in [-0.2, -0.15) is 18.3 Å². The number of nitrogens with two attached hydrogens (primary N) is 2. The van der Waals surface area contributed by atoms with Gasteiger partial charge >= 0.3 is 6.18 Å². The zero-order valence-electron chi connectivity index (χ0n) is 18.3. The average Bonchev–Trinajstić information content (AvgIpc) is 3.13. The molecule has 0 fully saturated rings. The Labute approximate surface area is 192 Å². The van der Waals surface area contributed by atoms with E-state index in [1.807, 2.05) is 0 Å². The number of hydrogen-bond donors (Lipinski definition) is 3. The first-order valence-corrected chi connectivity index (χ1v) is 10.2. The molecule has 1 heterocycles. The number of alkyl halides is 3. The van der Waals surface area contributed by atoms with E-state index in [0.29, 0.717) is 15.8 Å². The second-order valence-electron chi connectivity index (χ2n) is 7.66. The molecule has 2 atom stereocenters. The number of carbonyl (C=O) groups excluding carboxylic acids is 2. The highest BCUT2D eigenvalue weighted by atomic mass is 19.4. The van der Waals surface area contributed by atoms with Crippen molar-refractivity contribution in [2.24, 2.45) is 5.73 Å². The van der Waals surface area contributed by atoms with Crippen molar-refractivity contribution in [2.75, 3.05) is 12.8 Å². The maximum atomic E-state index is 13.5. The number of allylic oxidation sites excluding steroid dienone is 2. The number of nitrogen functional groups attached to an aromatic ring is 1. The van der Waals surface area contributed by atoms with Crippen LogP contribution in [0.1, 0.15) is 35.3 Å². The van der Waals surface area contributed by atoms with E-state index in [1.165, 1.54) is 25.3 Å². The van der Waals surface area contributed by atoms with Crippen molar-refractivity contribution in [2.45, 2.75) is 38.2 Å². The van der Waals surface area contributed by atoms with Gasteiger partial charge in [0.2, 0.25) is 5.91 Å². The van der Waals surface area contributed by atoms with Gasteiger partial charge in [-0.25, -0.2) is 9.07 Å². The van der Waals surface area contributed by atoms with Crippen molar-refractivity contribution < 1.29 is 31.9 Å². The molecular weight excluding hydrogens is 458 g/mol. The summed E-state index contributed by atoms with van der Waals surface area (Å²) in [4.78, 5) is 24.3. The number of halogens is 4. The van der Waals surface area contributed by atoms with Crippen LogP contribution >= 0.6 is 0 Å². The molecule has 12 heteroatoms. The number of anilines is 1. The van der Waals surface area contributed by atoms with Crippen LogP contribution < -0.4 is 16.8 Å². The van der Waals surface area contributed by atoms with Gasteiger partial charge in [-0.1, -0.05) is 24.3 Å². The van der Waals surface area contributed by atoms with Crippen molar-refractivity contribution in [3.63, 3.8) is 0 Å². The van der Waals surface area contributed by atoms with E-state index in [9.17, 15) is 27.2 Å². The molecule has 2 aromatic rings. The van der Waals surface area contributed by atoms with Gasteiger partial charge in [-0.3, -0.25) is 9.59 Å². The summed E-state index contributed by atoms with van der Waals surface area (Å²) in [5, 5.41) is 6.56. The summed E-state index contributed by atoms with van der Waals surface area (Å²) in [6, 6.07) is 4.13. The molecule has 1 aliphatic rings. The molecule has 182 valence electrons. The first-order chi connectivity index (χ1) is 15.9. The molecule has 2 unspecified atom stereocenters. The van der Waals surface area contributed by atoms with Gasteiger partial charge in [0.15, 0.2) is 0 Å². The Morgan fingerprint density at radius 2 is 1.94 bits per heavy atom. The third-order valence-electron chi connectivity index (χ3n) is 5.43. The molecular formula is C22H23F4N5O3. The zero-order chi connectivity index (χ0) is 25.2. The Bertz CT molecular complexity index is 1150. The van der Waals surface area contributed by atoms with Gasteiger partial charge in [-0.05, 0) is 31.1 Å². The zero-order valence-corrected chi connectivity index (χ0v) is 18.3. The second-order valence-corrected chi connectivity index (χ2v) is 7.66. The number of primary amides is 1. The van der Waals surface area contributed by atoms with E-state index in [-0.39, 0.29) is 29.8 Å². The topological polar surface area (TPSA) is 125 Å². The molecule has 0 saturated heterocycles. The molecule has 0 radical (unpaired) electrons. The highest BCUT2D eigenvalue weighted by Crippen LogP contribution is 2.35. The van der Waals surface area contributed by atoms with Crippen LogP contribution in [0, 0.1) is 0 Å². The van der Waals surface area contributed by atoms with Crippen molar-refractivity contribution in [1.29, 1.82) is 0 Å². The fourth-order valence-electron chi connectivity index (χ4n) is 3.47. The fourth-order valence-corrected chi connectivity index (χ4v) is 3.47. The van der Waals surface area contributed by atoms with Crippen molar-refractivity contribution >= 4 is 17.6 Å². The molecule has 5 N–H and O–H groups in total. The summed E-state index contributed by atoms with van der Waals surface area (Å²) in [5.74, 6) is -2.52. The number of amides is 2. The maximum absolute atomic E-state index is 13.5. The van der Waals surface area contributed by atoms with Crippen molar-refractivity contribution in [3.8, 4) is 11.3 Å². The van der Waals surface area contributed by atoms with Gasteiger partial charge in [0.1, 0.15) is 28.9 Å². The molecule has 0 aliphatic heterocycles. The van der Waals surface area contributed by atoms with Gasteiger partial charge in [-0.15, -0.1) is 0 Å². The van der Waals surface area contributed by atoms with Crippen LogP contribution in [0.5, 0.6) is 0 Å². The number of nitrogens with zero attached hydrogens (tertiary/aromatic N) is 2. The Balaban J connectivity index is 1.80. The average molecular weight is 481 g/mol. The summed E-state index contributed by atoms with van der Waals surface area (Å²) >= 11 is 0. The van der Waals surface area contributed by atoms with Crippen LogP contribution in [0.25, 0.3) is 11.3 Å². The first-order valence-electron chi connectivity index (χ1n) is 10.2. The lowest BCUT2D eigenvalue weighted by Crippen LogP contribution is -2.31. The van der Waals surface area contributed by atoms with E-state index in [2.05, 4.69) is 10.4 Å². The number of rotatable bonds is 7. The second kappa shape index (κ2) is 9.67. The van der Waals surface area contributed by atoms with E-state index in [1.54, 1.807) is 12.1 Å². The van der Waals surface area contributed by atoms with Gasteiger partial charge in [0.25, 0.3) is 5.91 Å². The van der Waals surface area contributed by atoms with Crippen LogP contribution in [0.2, 0.25) is 0 Å². The smallest absolute Gasteiger partial charge is 0.383 e. The SMILES string of the molecule is COC1CC=C(F)C=C1C(=O)NCc1ccc(-c2nn(C(C)C(F)(F)F)c(N)c2C(N)=O)cc1. The summed E-state index contributed by atoms with van der Waals surface area (Å²) in [6.07, 6.45) is -2.52. The lowest BCUT2D eigenvalue weighted by Gasteiger charge is -2.20. The largest absolute Gasteiger partial charge is 0.410 e. The molecule has 2 amide bonds. The van der Waals surface area contributed by atoms with Gasteiger partial charge in [0, 0.05) is 24.8 Å². The maximum Gasteiger partial charge on any atom is 0.410 e. The number of ether oxygens (including phenoxy) is 1. The predicted octanol–water partition coefficient (Wildman–Crippen LogP) is 3.17. The molecule has 1 aliphatic carbocycles. The first kappa shape index (κ1) is 25.0. The van der Waals surface area contributed by atoms with Crippen LogP contribution in [0.15, 0.2) is 47.8 Å². The van der Waals surface area contributed by atoms with Gasteiger partial charge in [0.05, 0.1) is 6.10 Å². The minimum absolute atomic E-state index is 0.0859. The van der Waals surface area contributed by atoms with Crippen molar-refractivity contribution in [3.05, 3.63) is 58.9 Å². The number of nitrogens with one attached hydrogen (secondary N) is 1. The van der Waals surface area contributed by atoms with Crippen LogP contribution in [0.4, 0.5) is 23.4 Å². The molecule has 1 aromatic carbocycles. The Morgan fingerprint density at radius 3 is 2.50 bits per heavy atom. The van der Waals surface area contributed by atoms with E-state index in [4.69, 9.17) is 16.2 Å². The van der Waals surface area contributed by atoms with E-state index in [0.717, 1.165) is 13.0 Å². The number of methoxy groups -OCH3 is 1. The Hall–Kier alpha value is -3.67. The molecule has 0 saturated carbocycles. The number of benzene rings is 1. The molecule has 1 aromatic heterocycles. The van der Waals surface area contributed by atoms with Crippen LogP contribution in [-0.2, 0) is 16.1 Å². The Kier molecular flexibility index (Phi) is 7.10. The summed E-state index contributed by atoms with van der Waals surface area (Å²) < 4.78 is 58.7. The normalized spacial score (nSPS) is 17.1. The third-order valence-corrected chi connectivity index (χ3v) is 5.43. The van der Waals surface area contributed by atoms with Crippen molar-refractivity contribution in [1.82, 2.24) is 15.1 Å². The minimum Gasteiger partial charge on any atom is -0.383 e. The standard InChI is InChI=1S/C22H23F4N5O3/c1-11(22(24,25)26)31-19(27)17(20(28)32)18(30-31)13-5-3-12(4-6-13)10-29-21(33)15-9-14(23)7-8-16(15)34-2/h3-7,9,11,16H,8,10,27H2,1-2H3,(H2,28,32)(H,29,33). The van der Waals surface area contributed by atoms with E-state index >= 15 is 0 Å². The van der Waals surface area contributed by atoms with Gasteiger partial charge < -0.3 is 21.5 Å². The summed E-state index contributed by atoms with van der Waals surface area (Å²) in [7, 11) is 1.42. The minimum atomic E-state index is -4.64. The highest BCUT2D eigenvalue weighted by molar-refractivity contribution is 6.03. The van der Waals surface area contributed by atoms with Crippen LogP contribution in [-0.4, -0.2) is 41.0 Å². The lowest BCUT2D eigenvalue weighted by atomic mass is 10.00. The van der Waals surface area contributed by atoms with E-state index < -0.39 is 41.8 Å². The third kappa shape index (κ3) is 5.11. The number of carbonyl (C=O) groups is 2.